The highest BCUT2D eigenvalue weighted by Gasteiger charge is 2.59. The Balaban J connectivity index is 1.70. The van der Waals surface area contributed by atoms with Crippen LogP contribution in [0.5, 0.6) is 0 Å². The zero-order valence-electron chi connectivity index (χ0n) is 16.8. The number of aromatic nitrogens is 1. The van der Waals surface area contributed by atoms with Crippen molar-refractivity contribution in [3.05, 3.63) is 83.7 Å². The molecule has 1 aromatic heterocycles. The summed E-state index contributed by atoms with van der Waals surface area (Å²) in [5, 5.41) is 0. The molecule has 3 aromatic rings. The van der Waals surface area contributed by atoms with Crippen LogP contribution >= 0.6 is 11.8 Å². The largest absolute Gasteiger partial charge is 0.264 e. The lowest BCUT2D eigenvalue weighted by Crippen LogP contribution is -2.49. The smallest absolute Gasteiger partial charge is 0.189 e. The Kier molecular flexibility index (Phi) is 4.73. The number of pyridine rings is 1. The molecule has 154 valence electrons. The highest BCUT2D eigenvalue weighted by atomic mass is 35.5. The minimum Gasteiger partial charge on any atom is -0.264 e. The first-order valence-corrected chi connectivity index (χ1v) is 12.0. The molecule has 2 aliphatic rings. The van der Waals surface area contributed by atoms with E-state index in [9.17, 15) is 8.42 Å². The highest BCUT2D eigenvalue weighted by molar-refractivity contribution is 7.92. The van der Waals surface area contributed by atoms with Crippen LogP contribution in [0.25, 0.3) is 11.1 Å². The van der Waals surface area contributed by atoms with Crippen LogP contribution in [-0.2, 0) is 21.0 Å². The number of nitrogens with zero attached hydrogens (tertiary/aromatic N) is 2. The molecule has 0 bridgehead atoms. The Morgan fingerprint density at radius 1 is 1.10 bits per heavy atom. The van der Waals surface area contributed by atoms with Gasteiger partial charge in [-0.3, -0.25) is 4.98 Å². The second kappa shape index (κ2) is 7.19. The zero-order chi connectivity index (χ0) is 20.9. The van der Waals surface area contributed by atoms with E-state index in [0.29, 0.717) is 17.9 Å². The molecule has 30 heavy (non-hydrogen) atoms. The molecule has 0 radical (unpaired) electrons. The first-order valence-electron chi connectivity index (χ1n) is 10.2. The summed E-state index contributed by atoms with van der Waals surface area (Å²) in [6.45, 7) is 2.52. The van der Waals surface area contributed by atoms with E-state index in [1.54, 1.807) is 22.7 Å². The lowest BCUT2D eigenvalue weighted by Gasteiger charge is -2.41. The van der Waals surface area contributed by atoms with Crippen molar-refractivity contribution < 1.29 is 8.42 Å². The second-order valence-corrected chi connectivity index (χ2v) is 10.9. The molecule has 2 aromatic carbocycles. The van der Waals surface area contributed by atoms with E-state index in [2.05, 4.69) is 11.1 Å². The molecule has 2 unspecified atom stereocenters. The molecule has 0 amide bonds. The van der Waals surface area contributed by atoms with Gasteiger partial charge in [0.15, 0.2) is 9.84 Å². The van der Waals surface area contributed by atoms with Gasteiger partial charge in [0, 0.05) is 25.0 Å². The van der Waals surface area contributed by atoms with Gasteiger partial charge >= 0.3 is 0 Å². The molecule has 6 heteroatoms. The van der Waals surface area contributed by atoms with Crippen LogP contribution < -0.4 is 0 Å². The van der Waals surface area contributed by atoms with Gasteiger partial charge in [-0.15, -0.1) is 0 Å². The van der Waals surface area contributed by atoms with Crippen LogP contribution in [0.3, 0.4) is 0 Å². The SMILES string of the molecule is Cc1ccc(S(=O)(=O)C23CCN(Cl)C2CCc2cc(-c4cccnc4)ccc23)cc1. The van der Waals surface area contributed by atoms with Gasteiger partial charge in [0.05, 0.1) is 4.90 Å². The van der Waals surface area contributed by atoms with Crippen LogP contribution in [0.2, 0.25) is 0 Å². The van der Waals surface area contributed by atoms with Crippen molar-refractivity contribution in [3.63, 3.8) is 0 Å². The molecule has 0 N–H and O–H groups in total. The van der Waals surface area contributed by atoms with Gasteiger partial charge in [-0.05, 0) is 78.4 Å². The van der Waals surface area contributed by atoms with E-state index < -0.39 is 14.6 Å². The third-order valence-corrected chi connectivity index (χ3v) is 9.58. The zero-order valence-corrected chi connectivity index (χ0v) is 18.3. The number of hydrogen-bond donors (Lipinski definition) is 0. The number of rotatable bonds is 3. The van der Waals surface area contributed by atoms with Gasteiger partial charge in [-0.25, -0.2) is 12.8 Å². The minimum absolute atomic E-state index is 0.234. The summed E-state index contributed by atoms with van der Waals surface area (Å²) in [7, 11) is -3.64. The topological polar surface area (TPSA) is 50.3 Å². The van der Waals surface area contributed by atoms with Crippen molar-refractivity contribution in [1.29, 1.82) is 0 Å². The maximum atomic E-state index is 14.1. The Morgan fingerprint density at radius 3 is 2.63 bits per heavy atom. The van der Waals surface area contributed by atoms with E-state index in [4.69, 9.17) is 11.8 Å². The predicted octanol–water partition coefficient (Wildman–Crippen LogP) is 4.90. The van der Waals surface area contributed by atoms with Crippen molar-refractivity contribution in [3.8, 4) is 11.1 Å². The standard InChI is InChI=1S/C24H23ClN2O2S/c1-17-4-8-21(9-5-17)30(28,29)24-12-14-27(25)23(24)11-7-19-15-18(6-10-22(19)24)20-3-2-13-26-16-20/h2-6,8-10,13,15-16,23H,7,11-12,14H2,1H3. The Hall–Kier alpha value is -2.21. The van der Waals surface area contributed by atoms with Crippen LogP contribution in [0.1, 0.15) is 29.5 Å². The van der Waals surface area contributed by atoms with Gasteiger partial charge in [0.1, 0.15) is 4.75 Å². The number of benzene rings is 2. The lowest BCUT2D eigenvalue weighted by molar-refractivity contribution is 0.331. The third kappa shape index (κ3) is 2.83. The summed E-state index contributed by atoms with van der Waals surface area (Å²) in [4.78, 5) is 4.59. The Labute approximate surface area is 182 Å². The average Bonchev–Trinajstić information content (AvgIpc) is 3.13. The predicted molar refractivity (Wildman–Crippen MR) is 119 cm³/mol. The number of halogens is 1. The summed E-state index contributed by atoms with van der Waals surface area (Å²) < 4.78 is 28.8. The number of hydrogen-bond acceptors (Lipinski definition) is 4. The number of aryl methyl sites for hydroxylation is 2. The molecular formula is C24H23ClN2O2S. The van der Waals surface area contributed by atoms with Gasteiger partial charge in [-0.1, -0.05) is 42.0 Å². The molecule has 1 aliphatic heterocycles. The van der Waals surface area contributed by atoms with Crippen molar-refractivity contribution in [2.45, 2.75) is 41.9 Å². The fourth-order valence-corrected chi connectivity index (χ4v) is 7.89. The number of sulfone groups is 1. The van der Waals surface area contributed by atoms with Crippen LogP contribution in [0, 0.1) is 6.92 Å². The van der Waals surface area contributed by atoms with E-state index in [1.165, 1.54) is 0 Å². The maximum absolute atomic E-state index is 14.1. The number of fused-ring (bicyclic) bond motifs is 3. The highest BCUT2D eigenvalue weighted by Crippen LogP contribution is 2.53. The van der Waals surface area contributed by atoms with Crippen LogP contribution in [-0.4, -0.2) is 30.4 Å². The third-order valence-electron chi connectivity index (χ3n) is 6.63. The summed E-state index contributed by atoms with van der Waals surface area (Å²) in [5.41, 5.74) is 5.12. The first-order chi connectivity index (χ1) is 14.4. The molecule has 1 fully saturated rings. The molecule has 1 aliphatic carbocycles. The van der Waals surface area contributed by atoms with Crippen molar-refractivity contribution >= 4 is 21.6 Å². The van der Waals surface area contributed by atoms with Gasteiger partial charge < -0.3 is 0 Å². The molecule has 2 heterocycles. The lowest BCUT2D eigenvalue weighted by atomic mass is 9.78. The van der Waals surface area contributed by atoms with E-state index in [0.717, 1.165) is 40.7 Å². The summed E-state index contributed by atoms with van der Waals surface area (Å²) >= 11 is 6.55. The molecule has 0 spiro atoms. The molecular weight excluding hydrogens is 416 g/mol. The van der Waals surface area contributed by atoms with Gasteiger partial charge in [0.25, 0.3) is 0 Å². The van der Waals surface area contributed by atoms with Gasteiger partial charge in [-0.2, -0.15) is 0 Å². The molecule has 2 atom stereocenters. The second-order valence-electron chi connectivity index (χ2n) is 8.25. The summed E-state index contributed by atoms with van der Waals surface area (Å²) in [5.74, 6) is 0. The Bertz CT molecular complexity index is 1200. The minimum atomic E-state index is -3.64. The van der Waals surface area contributed by atoms with Crippen molar-refractivity contribution in [2.75, 3.05) is 6.54 Å². The molecule has 0 saturated carbocycles. The van der Waals surface area contributed by atoms with Crippen molar-refractivity contribution in [2.24, 2.45) is 0 Å². The summed E-state index contributed by atoms with van der Waals surface area (Å²) in [6, 6.07) is 17.0. The van der Waals surface area contributed by atoms with E-state index >= 15 is 0 Å². The van der Waals surface area contributed by atoms with Crippen molar-refractivity contribution in [1.82, 2.24) is 9.40 Å². The fourth-order valence-electron chi connectivity index (χ4n) is 5.11. The van der Waals surface area contributed by atoms with Crippen LogP contribution in [0.15, 0.2) is 71.9 Å². The molecule has 4 nitrogen and oxygen atoms in total. The monoisotopic (exact) mass is 438 g/mol. The molecule has 5 rings (SSSR count). The average molecular weight is 439 g/mol. The fraction of sp³-hybridized carbons (Fsp3) is 0.292. The van der Waals surface area contributed by atoms with E-state index in [-0.39, 0.29) is 6.04 Å². The van der Waals surface area contributed by atoms with Crippen LogP contribution in [0.4, 0.5) is 0 Å². The first kappa shape index (κ1) is 19.7. The maximum Gasteiger partial charge on any atom is 0.189 e. The van der Waals surface area contributed by atoms with Gasteiger partial charge in [0.2, 0.25) is 0 Å². The summed E-state index contributed by atoms with van der Waals surface area (Å²) in [6.07, 6.45) is 5.61. The van der Waals surface area contributed by atoms with E-state index in [1.807, 2.05) is 49.5 Å². The normalized spacial score (nSPS) is 23.7. The molecule has 1 saturated heterocycles. The quantitative estimate of drug-likeness (QED) is 0.546. The Morgan fingerprint density at radius 2 is 1.90 bits per heavy atom.